The monoisotopic (exact) mass is 184 g/mol. The van der Waals surface area contributed by atoms with E-state index in [-0.39, 0.29) is 0 Å². The van der Waals surface area contributed by atoms with Gasteiger partial charge in [0.05, 0.1) is 0 Å². The number of carbonyl (C=O) groups excluding carboxylic acids is 1. The Balaban J connectivity index is 2.62. The Morgan fingerprint density at radius 1 is 1.73 bits per heavy atom. The van der Waals surface area contributed by atoms with Crippen LogP contribution in [0.15, 0.2) is 32.7 Å². The molecule has 0 aliphatic heterocycles. The average Bonchev–Trinajstić information content (AvgIpc) is 2.52. The zero-order valence-electron chi connectivity index (χ0n) is 6.11. The Bertz CT molecular complexity index is 249. The highest BCUT2D eigenvalue weighted by molar-refractivity contribution is 8.04. The fourth-order valence-electron chi connectivity index (χ4n) is 0.597. The third-order valence-corrected chi connectivity index (χ3v) is 3.02. The highest BCUT2D eigenvalue weighted by Gasteiger charge is 1.97. The molecule has 0 spiro atoms. The van der Waals surface area contributed by atoms with Crippen molar-refractivity contribution in [3.63, 3.8) is 0 Å². The molecule has 0 N–H and O–H groups in total. The van der Waals surface area contributed by atoms with E-state index in [0.717, 1.165) is 16.1 Å². The molecule has 3 heteroatoms. The van der Waals surface area contributed by atoms with E-state index < -0.39 is 0 Å². The first-order valence-corrected chi connectivity index (χ1v) is 4.94. The van der Waals surface area contributed by atoms with Gasteiger partial charge >= 0.3 is 0 Å². The van der Waals surface area contributed by atoms with E-state index in [9.17, 15) is 4.79 Å². The zero-order chi connectivity index (χ0) is 8.10. The van der Waals surface area contributed by atoms with E-state index in [4.69, 9.17) is 0 Å². The van der Waals surface area contributed by atoms with Crippen LogP contribution in [-0.2, 0) is 4.79 Å². The fraction of sp³-hybridized carbons (Fsp3) is 0.125. The molecular formula is C8H8OS2. The van der Waals surface area contributed by atoms with Crippen molar-refractivity contribution in [3.05, 3.63) is 27.8 Å². The topological polar surface area (TPSA) is 17.1 Å². The number of thiophene rings is 1. The number of aldehydes is 1. The van der Waals surface area contributed by atoms with Crippen LogP contribution in [0.2, 0.25) is 0 Å². The number of hydrogen-bond acceptors (Lipinski definition) is 3. The molecule has 0 aliphatic carbocycles. The molecule has 1 nitrogen and oxygen atoms in total. The Hall–Kier alpha value is -0.540. The third-order valence-electron chi connectivity index (χ3n) is 1.13. The zero-order valence-corrected chi connectivity index (χ0v) is 7.74. The SMILES string of the molecule is C/C=C(/C=O)Sc1ccsc1. The number of rotatable bonds is 3. The van der Waals surface area contributed by atoms with Gasteiger partial charge in [0.25, 0.3) is 0 Å². The summed E-state index contributed by atoms with van der Waals surface area (Å²) in [6.45, 7) is 1.86. The van der Waals surface area contributed by atoms with E-state index in [1.165, 1.54) is 11.8 Å². The summed E-state index contributed by atoms with van der Waals surface area (Å²) in [5.74, 6) is 0. The van der Waals surface area contributed by atoms with Crippen molar-refractivity contribution in [2.45, 2.75) is 11.8 Å². The Labute approximate surface area is 74.1 Å². The number of allylic oxidation sites excluding steroid dienone is 2. The second kappa shape index (κ2) is 4.36. The van der Waals surface area contributed by atoms with Crippen molar-refractivity contribution in [1.29, 1.82) is 0 Å². The molecule has 0 bridgehead atoms. The predicted octanol–water partition coefficient (Wildman–Crippen LogP) is 2.94. The second-order valence-corrected chi connectivity index (χ2v) is 3.80. The standard InChI is InChI=1S/C8H8OS2/c1-2-7(5-9)11-8-3-4-10-6-8/h2-6H,1H3/b7-2-. The molecule has 11 heavy (non-hydrogen) atoms. The van der Waals surface area contributed by atoms with E-state index >= 15 is 0 Å². The van der Waals surface area contributed by atoms with Crippen LogP contribution in [0.1, 0.15) is 6.92 Å². The van der Waals surface area contributed by atoms with Crippen molar-refractivity contribution < 1.29 is 4.79 Å². The molecule has 0 fully saturated rings. The summed E-state index contributed by atoms with van der Waals surface area (Å²) in [5.41, 5.74) is 0. The molecular weight excluding hydrogens is 176 g/mol. The van der Waals surface area contributed by atoms with Crippen molar-refractivity contribution in [2.24, 2.45) is 0 Å². The predicted molar refractivity (Wildman–Crippen MR) is 50.0 cm³/mol. The van der Waals surface area contributed by atoms with Crippen molar-refractivity contribution in [2.75, 3.05) is 0 Å². The molecule has 0 atom stereocenters. The smallest absolute Gasteiger partial charge is 0.156 e. The van der Waals surface area contributed by atoms with Crippen LogP contribution >= 0.6 is 23.1 Å². The largest absolute Gasteiger partial charge is 0.297 e. The van der Waals surface area contributed by atoms with Gasteiger partial charge in [0.15, 0.2) is 6.29 Å². The van der Waals surface area contributed by atoms with Gasteiger partial charge < -0.3 is 0 Å². The first kappa shape index (κ1) is 8.56. The van der Waals surface area contributed by atoms with Crippen LogP contribution in [-0.4, -0.2) is 6.29 Å². The summed E-state index contributed by atoms with van der Waals surface area (Å²) in [5, 5.41) is 4.03. The molecule has 0 saturated heterocycles. The molecule has 0 aromatic carbocycles. The van der Waals surface area contributed by atoms with Crippen LogP contribution < -0.4 is 0 Å². The number of carbonyl (C=O) groups is 1. The van der Waals surface area contributed by atoms with Gasteiger partial charge in [-0.2, -0.15) is 11.3 Å². The minimum absolute atomic E-state index is 0.767. The van der Waals surface area contributed by atoms with Gasteiger partial charge in [-0.1, -0.05) is 17.8 Å². The summed E-state index contributed by atoms with van der Waals surface area (Å²) >= 11 is 3.14. The first-order valence-electron chi connectivity index (χ1n) is 3.18. The Morgan fingerprint density at radius 2 is 2.55 bits per heavy atom. The van der Waals surface area contributed by atoms with Crippen LogP contribution in [0.5, 0.6) is 0 Å². The molecule has 0 unspecified atom stereocenters. The van der Waals surface area contributed by atoms with Gasteiger partial charge in [0.2, 0.25) is 0 Å². The molecule has 0 saturated carbocycles. The van der Waals surface area contributed by atoms with Crippen LogP contribution in [0.4, 0.5) is 0 Å². The third kappa shape index (κ3) is 2.52. The van der Waals surface area contributed by atoms with Gasteiger partial charge in [-0.15, -0.1) is 0 Å². The number of thioether (sulfide) groups is 1. The molecule has 0 aliphatic rings. The van der Waals surface area contributed by atoms with Gasteiger partial charge in [0, 0.05) is 15.2 Å². The lowest BCUT2D eigenvalue weighted by atomic mass is 10.6. The van der Waals surface area contributed by atoms with Crippen LogP contribution in [0.3, 0.4) is 0 Å². The number of hydrogen-bond donors (Lipinski definition) is 0. The molecule has 1 heterocycles. The van der Waals surface area contributed by atoms with Crippen molar-refractivity contribution in [3.8, 4) is 0 Å². The summed E-state index contributed by atoms with van der Waals surface area (Å²) in [6.07, 6.45) is 2.69. The lowest BCUT2D eigenvalue weighted by Gasteiger charge is -1.93. The van der Waals surface area contributed by atoms with Gasteiger partial charge in [-0.05, 0) is 18.4 Å². The summed E-state index contributed by atoms with van der Waals surface area (Å²) in [4.78, 5) is 12.3. The normalized spacial score (nSPS) is 11.5. The second-order valence-electron chi connectivity index (χ2n) is 1.87. The van der Waals surface area contributed by atoms with E-state index in [1.807, 2.05) is 29.8 Å². The van der Waals surface area contributed by atoms with E-state index in [0.29, 0.717) is 0 Å². The molecule has 58 valence electrons. The maximum atomic E-state index is 10.4. The lowest BCUT2D eigenvalue weighted by Crippen LogP contribution is -1.74. The maximum Gasteiger partial charge on any atom is 0.156 e. The maximum absolute atomic E-state index is 10.4. The Kier molecular flexibility index (Phi) is 3.39. The van der Waals surface area contributed by atoms with Crippen molar-refractivity contribution >= 4 is 29.4 Å². The summed E-state index contributed by atoms with van der Waals surface area (Å²) in [6, 6.07) is 2.00. The highest BCUT2D eigenvalue weighted by atomic mass is 32.2. The van der Waals surface area contributed by atoms with Crippen molar-refractivity contribution in [1.82, 2.24) is 0 Å². The molecule has 0 amide bonds. The Morgan fingerprint density at radius 3 is 3.00 bits per heavy atom. The van der Waals surface area contributed by atoms with Gasteiger partial charge in [0.1, 0.15) is 0 Å². The van der Waals surface area contributed by atoms with E-state index in [2.05, 4.69) is 0 Å². The van der Waals surface area contributed by atoms with Gasteiger partial charge in [-0.25, -0.2) is 0 Å². The minimum Gasteiger partial charge on any atom is -0.297 e. The molecule has 1 aromatic heterocycles. The summed E-state index contributed by atoms with van der Waals surface area (Å²) < 4.78 is 0. The summed E-state index contributed by atoms with van der Waals surface area (Å²) in [7, 11) is 0. The first-order chi connectivity index (χ1) is 5.36. The minimum atomic E-state index is 0.767. The molecule has 1 aromatic rings. The van der Waals surface area contributed by atoms with Gasteiger partial charge in [-0.3, -0.25) is 4.79 Å². The van der Waals surface area contributed by atoms with Crippen LogP contribution in [0, 0.1) is 0 Å². The molecule has 1 rings (SSSR count). The fourth-order valence-corrected chi connectivity index (χ4v) is 2.13. The van der Waals surface area contributed by atoms with Crippen LogP contribution in [0.25, 0.3) is 0 Å². The highest BCUT2D eigenvalue weighted by Crippen LogP contribution is 2.26. The molecule has 0 radical (unpaired) electrons. The quantitative estimate of drug-likeness (QED) is 0.408. The average molecular weight is 184 g/mol. The lowest BCUT2D eigenvalue weighted by molar-refractivity contribution is -0.104. The van der Waals surface area contributed by atoms with E-state index in [1.54, 1.807) is 11.3 Å².